The smallest absolute Gasteiger partial charge is 0.311 e. The van der Waals surface area contributed by atoms with Crippen molar-refractivity contribution < 1.29 is 13.2 Å². The first-order chi connectivity index (χ1) is 9.82. The summed E-state index contributed by atoms with van der Waals surface area (Å²) in [5, 5.41) is 6.81. The number of halogens is 3. The molecule has 0 amide bonds. The minimum absolute atomic E-state index is 0.150. The molecule has 8 heteroatoms. The number of nitrogens with zero attached hydrogens (tertiary/aromatic N) is 3. The molecule has 1 atom stereocenters. The highest BCUT2D eigenvalue weighted by molar-refractivity contribution is 5.27. The summed E-state index contributed by atoms with van der Waals surface area (Å²) in [4.78, 5) is 11.7. The van der Waals surface area contributed by atoms with Crippen molar-refractivity contribution in [1.82, 2.24) is 19.7 Å². The predicted octanol–water partition coefficient (Wildman–Crippen LogP) is 1.56. The summed E-state index contributed by atoms with van der Waals surface area (Å²) in [6.45, 7) is 0.150. The second-order valence-corrected chi connectivity index (χ2v) is 4.67. The van der Waals surface area contributed by atoms with Gasteiger partial charge in [-0.15, -0.1) is 0 Å². The van der Waals surface area contributed by atoms with E-state index in [4.69, 9.17) is 0 Å². The Morgan fingerprint density at radius 1 is 1.38 bits per heavy atom. The van der Waals surface area contributed by atoms with Gasteiger partial charge in [0.25, 0.3) is 0 Å². The van der Waals surface area contributed by atoms with E-state index in [2.05, 4.69) is 10.4 Å². The fourth-order valence-corrected chi connectivity index (χ4v) is 2.01. The zero-order chi connectivity index (χ0) is 15.6. The summed E-state index contributed by atoms with van der Waals surface area (Å²) >= 11 is 0. The molecule has 21 heavy (non-hydrogen) atoms. The Hall–Kier alpha value is -2.09. The van der Waals surface area contributed by atoms with Crippen molar-refractivity contribution in [3.8, 4) is 0 Å². The van der Waals surface area contributed by atoms with Crippen molar-refractivity contribution in [2.24, 2.45) is 7.05 Å². The van der Waals surface area contributed by atoms with Gasteiger partial charge in [0.15, 0.2) is 0 Å². The van der Waals surface area contributed by atoms with Crippen LogP contribution in [0.1, 0.15) is 17.2 Å². The number of aryl methyl sites for hydroxylation is 1. The normalized spacial score (nSPS) is 13.4. The minimum Gasteiger partial charge on any atom is -0.311 e. The van der Waals surface area contributed by atoms with Gasteiger partial charge in [-0.3, -0.25) is 4.57 Å². The standard InChI is InChI=1S/C13H15F3N4O/c1-17-11(7-20-12(21)19(2)8-18-20)9-4-3-5-10(6-9)13(14,15)16/h3-6,8,11,17H,7H2,1-2H3. The van der Waals surface area contributed by atoms with Crippen molar-refractivity contribution in [2.75, 3.05) is 7.05 Å². The van der Waals surface area contributed by atoms with E-state index in [1.165, 1.54) is 21.6 Å². The summed E-state index contributed by atoms with van der Waals surface area (Å²) in [5.41, 5.74) is -0.583. The summed E-state index contributed by atoms with van der Waals surface area (Å²) < 4.78 is 40.7. The highest BCUT2D eigenvalue weighted by Crippen LogP contribution is 2.30. The molecule has 1 unspecified atom stereocenters. The second kappa shape index (κ2) is 5.72. The van der Waals surface area contributed by atoms with Gasteiger partial charge in [0.05, 0.1) is 18.2 Å². The first-order valence-corrected chi connectivity index (χ1v) is 6.26. The van der Waals surface area contributed by atoms with Crippen LogP contribution in [-0.4, -0.2) is 21.4 Å². The largest absolute Gasteiger partial charge is 0.416 e. The van der Waals surface area contributed by atoms with Gasteiger partial charge in [-0.1, -0.05) is 12.1 Å². The van der Waals surface area contributed by atoms with E-state index in [9.17, 15) is 18.0 Å². The fraction of sp³-hybridized carbons (Fsp3) is 0.385. The number of aromatic nitrogens is 3. The maximum atomic E-state index is 12.7. The zero-order valence-electron chi connectivity index (χ0n) is 11.6. The summed E-state index contributed by atoms with van der Waals surface area (Å²) in [6, 6.07) is 4.59. The summed E-state index contributed by atoms with van der Waals surface area (Å²) in [6.07, 6.45) is -3.03. The minimum atomic E-state index is -4.39. The molecule has 0 aliphatic rings. The average Bonchev–Trinajstić information content (AvgIpc) is 2.75. The third-order valence-electron chi connectivity index (χ3n) is 3.21. The zero-order valence-corrected chi connectivity index (χ0v) is 11.6. The van der Waals surface area contributed by atoms with Crippen molar-refractivity contribution in [3.63, 3.8) is 0 Å². The molecule has 0 aliphatic carbocycles. The van der Waals surface area contributed by atoms with Crippen LogP contribution in [0.15, 0.2) is 35.4 Å². The van der Waals surface area contributed by atoms with Gasteiger partial charge in [-0.25, -0.2) is 9.48 Å². The topological polar surface area (TPSA) is 51.9 Å². The molecule has 2 aromatic rings. The maximum Gasteiger partial charge on any atom is 0.416 e. The SMILES string of the molecule is CNC(Cn1ncn(C)c1=O)c1cccc(C(F)(F)F)c1. The Morgan fingerprint density at radius 3 is 2.62 bits per heavy atom. The first-order valence-electron chi connectivity index (χ1n) is 6.26. The molecule has 1 heterocycles. The molecular formula is C13H15F3N4O. The van der Waals surface area contributed by atoms with Gasteiger partial charge < -0.3 is 5.32 Å². The lowest BCUT2D eigenvalue weighted by atomic mass is 10.0. The number of likely N-dealkylation sites (N-methyl/N-ethyl adjacent to an activating group) is 1. The van der Waals surface area contributed by atoms with Gasteiger partial charge in [0.1, 0.15) is 6.33 Å². The van der Waals surface area contributed by atoms with Crippen LogP contribution in [0.3, 0.4) is 0 Å². The van der Waals surface area contributed by atoms with E-state index in [0.29, 0.717) is 5.56 Å². The molecule has 5 nitrogen and oxygen atoms in total. The summed E-state index contributed by atoms with van der Waals surface area (Å²) in [7, 11) is 3.18. The van der Waals surface area contributed by atoms with Gasteiger partial charge in [-0.2, -0.15) is 18.3 Å². The molecule has 2 rings (SSSR count). The van der Waals surface area contributed by atoms with Gasteiger partial charge in [0, 0.05) is 7.05 Å². The molecule has 0 bridgehead atoms. The molecule has 1 N–H and O–H groups in total. The molecule has 0 aliphatic heterocycles. The van der Waals surface area contributed by atoms with Gasteiger partial charge >= 0.3 is 11.9 Å². The molecule has 0 saturated carbocycles. The molecule has 0 saturated heterocycles. The molecule has 1 aromatic heterocycles. The van der Waals surface area contributed by atoms with Crippen LogP contribution in [-0.2, 0) is 19.8 Å². The van der Waals surface area contributed by atoms with Crippen LogP contribution in [0.25, 0.3) is 0 Å². The van der Waals surface area contributed by atoms with Crippen LogP contribution in [0.2, 0.25) is 0 Å². The molecular weight excluding hydrogens is 285 g/mol. The molecule has 0 spiro atoms. The third kappa shape index (κ3) is 3.33. The molecule has 1 aromatic carbocycles. The van der Waals surface area contributed by atoms with Crippen molar-refractivity contribution in [3.05, 3.63) is 52.2 Å². The van der Waals surface area contributed by atoms with Crippen molar-refractivity contribution in [1.29, 1.82) is 0 Å². The van der Waals surface area contributed by atoms with E-state index in [1.807, 2.05) is 0 Å². The van der Waals surface area contributed by atoms with Crippen LogP contribution in [0.5, 0.6) is 0 Å². The van der Waals surface area contributed by atoms with E-state index in [-0.39, 0.29) is 12.2 Å². The highest BCUT2D eigenvalue weighted by atomic mass is 19.4. The number of hydrogen-bond donors (Lipinski definition) is 1. The quantitative estimate of drug-likeness (QED) is 0.932. The Labute approximate surface area is 119 Å². The highest BCUT2D eigenvalue weighted by Gasteiger charge is 2.31. The van der Waals surface area contributed by atoms with E-state index in [1.54, 1.807) is 20.2 Å². The second-order valence-electron chi connectivity index (χ2n) is 4.67. The lowest BCUT2D eigenvalue weighted by Crippen LogP contribution is -2.30. The maximum absolute atomic E-state index is 12.7. The Morgan fingerprint density at radius 2 is 2.10 bits per heavy atom. The van der Waals surface area contributed by atoms with Crippen LogP contribution < -0.4 is 11.0 Å². The van der Waals surface area contributed by atoms with Crippen LogP contribution >= 0.6 is 0 Å². The van der Waals surface area contributed by atoms with Crippen molar-refractivity contribution in [2.45, 2.75) is 18.8 Å². The monoisotopic (exact) mass is 300 g/mol. The Kier molecular flexibility index (Phi) is 4.17. The van der Waals surface area contributed by atoms with Crippen LogP contribution in [0.4, 0.5) is 13.2 Å². The van der Waals surface area contributed by atoms with Crippen molar-refractivity contribution >= 4 is 0 Å². The van der Waals surface area contributed by atoms with Crippen LogP contribution in [0, 0.1) is 0 Å². The number of alkyl halides is 3. The number of rotatable bonds is 4. The van der Waals surface area contributed by atoms with E-state index >= 15 is 0 Å². The number of nitrogens with one attached hydrogen (secondary N) is 1. The fourth-order valence-electron chi connectivity index (χ4n) is 2.01. The predicted molar refractivity (Wildman–Crippen MR) is 70.7 cm³/mol. The third-order valence-corrected chi connectivity index (χ3v) is 3.21. The first kappa shape index (κ1) is 15.3. The lowest BCUT2D eigenvalue weighted by Gasteiger charge is -2.17. The number of benzene rings is 1. The average molecular weight is 300 g/mol. The van der Waals surface area contributed by atoms with E-state index < -0.39 is 17.8 Å². The lowest BCUT2D eigenvalue weighted by molar-refractivity contribution is -0.137. The Bertz CT molecular complexity index is 675. The van der Waals surface area contributed by atoms with E-state index in [0.717, 1.165) is 12.1 Å². The number of hydrogen-bond acceptors (Lipinski definition) is 3. The van der Waals surface area contributed by atoms with Gasteiger partial charge in [-0.05, 0) is 24.7 Å². The molecule has 114 valence electrons. The molecule has 0 radical (unpaired) electrons. The Balaban J connectivity index is 2.30. The summed E-state index contributed by atoms with van der Waals surface area (Å²) in [5.74, 6) is 0. The molecule has 0 fully saturated rings. The van der Waals surface area contributed by atoms with Gasteiger partial charge in [0.2, 0.25) is 0 Å².